The maximum atomic E-state index is 11.4. The molecule has 0 aliphatic heterocycles. The zero-order chi connectivity index (χ0) is 11.3. The van der Waals surface area contributed by atoms with E-state index in [1.807, 2.05) is 0 Å². The molecule has 2 unspecified atom stereocenters. The van der Waals surface area contributed by atoms with Crippen molar-refractivity contribution in [3.63, 3.8) is 0 Å². The molecule has 0 aromatic rings. The summed E-state index contributed by atoms with van der Waals surface area (Å²) in [6, 6.07) is 0.365. The lowest BCUT2D eigenvalue weighted by Crippen LogP contribution is -2.65. The number of alkyl carbamates (subject to hydrolysis) is 1. The van der Waals surface area contributed by atoms with E-state index in [9.17, 15) is 4.79 Å². The Hall–Kier alpha value is -0.770. The van der Waals surface area contributed by atoms with E-state index in [0.29, 0.717) is 17.9 Å². The molecule has 4 nitrogen and oxygen atoms in total. The first-order valence-corrected chi connectivity index (χ1v) is 6.23. The Labute approximate surface area is 95.9 Å². The number of rotatable bonds is 1. The van der Waals surface area contributed by atoms with Crippen molar-refractivity contribution in [1.82, 2.24) is 5.32 Å². The van der Waals surface area contributed by atoms with Crippen molar-refractivity contribution in [2.45, 2.75) is 43.7 Å². The van der Waals surface area contributed by atoms with Gasteiger partial charge in [-0.1, -0.05) is 0 Å². The summed E-state index contributed by atoms with van der Waals surface area (Å²) in [5.74, 6) is 2.00. The Bertz CT molecular complexity index is 302. The van der Waals surface area contributed by atoms with Crippen molar-refractivity contribution in [2.24, 2.45) is 23.5 Å². The highest BCUT2D eigenvalue weighted by atomic mass is 16.5. The van der Waals surface area contributed by atoms with Gasteiger partial charge >= 0.3 is 6.09 Å². The molecule has 4 aliphatic rings. The molecule has 4 aliphatic carbocycles. The van der Waals surface area contributed by atoms with E-state index in [1.165, 1.54) is 20.0 Å². The second kappa shape index (κ2) is 3.36. The van der Waals surface area contributed by atoms with Crippen LogP contribution in [0.3, 0.4) is 0 Å². The molecule has 4 saturated carbocycles. The van der Waals surface area contributed by atoms with Crippen LogP contribution >= 0.6 is 0 Å². The molecular formula is C12H20N2O2. The van der Waals surface area contributed by atoms with Gasteiger partial charge in [-0.05, 0) is 49.9 Å². The van der Waals surface area contributed by atoms with Crippen molar-refractivity contribution in [1.29, 1.82) is 0 Å². The fourth-order valence-electron chi connectivity index (χ4n) is 4.48. The molecule has 0 heterocycles. The van der Waals surface area contributed by atoms with Gasteiger partial charge in [0.25, 0.3) is 0 Å². The van der Waals surface area contributed by atoms with Crippen molar-refractivity contribution < 1.29 is 9.53 Å². The largest absolute Gasteiger partial charge is 0.453 e. The van der Waals surface area contributed by atoms with Crippen LogP contribution in [0.2, 0.25) is 0 Å². The van der Waals surface area contributed by atoms with Gasteiger partial charge in [-0.15, -0.1) is 0 Å². The van der Waals surface area contributed by atoms with Crippen molar-refractivity contribution >= 4 is 6.09 Å². The fraction of sp³-hybridized carbons (Fsp3) is 0.917. The van der Waals surface area contributed by atoms with Crippen LogP contribution in [0, 0.1) is 17.8 Å². The highest BCUT2D eigenvalue weighted by Gasteiger charge is 2.55. The van der Waals surface area contributed by atoms with Crippen molar-refractivity contribution in [2.75, 3.05) is 7.11 Å². The number of methoxy groups -OCH3 is 1. The lowest BCUT2D eigenvalue weighted by atomic mass is 9.51. The van der Waals surface area contributed by atoms with Gasteiger partial charge in [0.1, 0.15) is 0 Å². The van der Waals surface area contributed by atoms with Crippen LogP contribution in [0.4, 0.5) is 4.79 Å². The quantitative estimate of drug-likeness (QED) is 0.704. The van der Waals surface area contributed by atoms with Gasteiger partial charge in [0.15, 0.2) is 0 Å². The molecule has 4 bridgehead atoms. The third-order valence-electron chi connectivity index (χ3n) is 4.90. The van der Waals surface area contributed by atoms with E-state index in [4.69, 9.17) is 10.5 Å². The van der Waals surface area contributed by atoms with Gasteiger partial charge in [-0.2, -0.15) is 0 Å². The van der Waals surface area contributed by atoms with E-state index in [1.54, 1.807) is 0 Å². The predicted molar refractivity (Wildman–Crippen MR) is 59.8 cm³/mol. The average molecular weight is 224 g/mol. The minimum absolute atomic E-state index is 0.000532. The summed E-state index contributed by atoms with van der Waals surface area (Å²) in [5, 5.41) is 3.08. The second-order valence-electron chi connectivity index (χ2n) is 5.94. The monoisotopic (exact) mass is 224 g/mol. The number of amides is 1. The minimum Gasteiger partial charge on any atom is -0.453 e. The highest BCUT2D eigenvalue weighted by molar-refractivity contribution is 5.68. The van der Waals surface area contributed by atoms with Crippen LogP contribution in [-0.4, -0.2) is 24.8 Å². The first-order valence-electron chi connectivity index (χ1n) is 6.23. The first kappa shape index (κ1) is 10.4. The number of carbonyl (C=O) groups is 1. The molecule has 0 aromatic carbocycles. The summed E-state index contributed by atoms with van der Waals surface area (Å²) < 4.78 is 4.73. The van der Waals surface area contributed by atoms with Gasteiger partial charge < -0.3 is 15.8 Å². The molecular weight excluding hydrogens is 204 g/mol. The fourth-order valence-corrected chi connectivity index (χ4v) is 4.48. The van der Waals surface area contributed by atoms with E-state index >= 15 is 0 Å². The van der Waals surface area contributed by atoms with Gasteiger partial charge in [0.2, 0.25) is 0 Å². The Morgan fingerprint density at radius 2 is 1.94 bits per heavy atom. The van der Waals surface area contributed by atoms with Crippen LogP contribution in [0.15, 0.2) is 0 Å². The Morgan fingerprint density at radius 3 is 2.50 bits per heavy atom. The van der Waals surface area contributed by atoms with Crippen LogP contribution < -0.4 is 11.1 Å². The maximum absolute atomic E-state index is 11.4. The topological polar surface area (TPSA) is 64.3 Å². The molecule has 4 heteroatoms. The molecule has 3 N–H and O–H groups in total. The SMILES string of the molecule is COC(=O)N[C@]12CC3CC(C1)[C@@H](N)C(C3)C2. The normalized spacial score (nSPS) is 49.1. The summed E-state index contributed by atoms with van der Waals surface area (Å²) >= 11 is 0. The predicted octanol–water partition coefficient (Wildman–Crippen LogP) is 1.25. The van der Waals surface area contributed by atoms with Crippen LogP contribution in [-0.2, 0) is 4.74 Å². The number of carbonyl (C=O) groups excluding carboxylic acids is 1. The van der Waals surface area contributed by atoms with Gasteiger partial charge in [0, 0.05) is 11.6 Å². The third-order valence-corrected chi connectivity index (χ3v) is 4.90. The van der Waals surface area contributed by atoms with Gasteiger partial charge in [-0.25, -0.2) is 4.79 Å². The molecule has 2 atom stereocenters. The summed E-state index contributed by atoms with van der Waals surface area (Å²) in [6.45, 7) is 0. The molecule has 4 fully saturated rings. The van der Waals surface area contributed by atoms with E-state index in [2.05, 4.69) is 5.32 Å². The molecule has 0 saturated heterocycles. The zero-order valence-corrected chi connectivity index (χ0v) is 9.74. The molecule has 0 spiro atoms. The smallest absolute Gasteiger partial charge is 0.407 e. The van der Waals surface area contributed by atoms with Gasteiger partial charge in [-0.3, -0.25) is 0 Å². The third kappa shape index (κ3) is 1.43. The van der Waals surface area contributed by atoms with E-state index < -0.39 is 0 Å². The molecule has 0 radical (unpaired) electrons. The number of ether oxygens (including phenoxy) is 1. The number of hydrogen-bond acceptors (Lipinski definition) is 3. The van der Waals surface area contributed by atoms with Crippen LogP contribution in [0.25, 0.3) is 0 Å². The molecule has 1 amide bonds. The average Bonchev–Trinajstić information content (AvgIpc) is 2.24. The Kier molecular flexibility index (Phi) is 2.18. The van der Waals surface area contributed by atoms with Gasteiger partial charge in [0.05, 0.1) is 7.11 Å². The first-order chi connectivity index (χ1) is 7.62. The van der Waals surface area contributed by atoms with Crippen molar-refractivity contribution in [3.8, 4) is 0 Å². The molecule has 16 heavy (non-hydrogen) atoms. The van der Waals surface area contributed by atoms with E-state index in [0.717, 1.165) is 25.2 Å². The standard InChI is InChI=1S/C12H20N2O2/c1-16-11(15)14-12-4-7-2-8(5-12)10(13)9(3-7)6-12/h7-10H,2-6,13H2,1H3,(H,14,15)/t7?,8?,9?,10-,12-. The van der Waals surface area contributed by atoms with Crippen LogP contribution in [0.5, 0.6) is 0 Å². The lowest BCUT2D eigenvalue weighted by molar-refractivity contribution is -0.0333. The molecule has 0 aromatic heterocycles. The second-order valence-corrected chi connectivity index (χ2v) is 5.94. The number of hydrogen-bond donors (Lipinski definition) is 2. The molecule has 4 rings (SSSR count). The van der Waals surface area contributed by atoms with E-state index in [-0.39, 0.29) is 11.6 Å². The Balaban J connectivity index is 1.80. The summed E-state index contributed by atoms with van der Waals surface area (Å²) in [6.07, 6.45) is 5.48. The zero-order valence-electron chi connectivity index (χ0n) is 9.74. The van der Waals surface area contributed by atoms with Crippen LogP contribution in [0.1, 0.15) is 32.1 Å². The maximum Gasteiger partial charge on any atom is 0.407 e. The molecule has 90 valence electrons. The number of nitrogens with two attached hydrogens (primary N) is 1. The number of nitrogens with one attached hydrogen (secondary N) is 1. The van der Waals surface area contributed by atoms with Crippen molar-refractivity contribution in [3.05, 3.63) is 0 Å². The summed E-state index contributed by atoms with van der Waals surface area (Å²) in [5.41, 5.74) is 6.24. The Morgan fingerprint density at radius 1 is 1.31 bits per heavy atom. The summed E-state index contributed by atoms with van der Waals surface area (Å²) in [7, 11) is 1.43. The minimum atomic E-state index is -0.282. The lowest BCUT2D eigenvalue weighted by Gasteiger charge is -2.59. The summed E-state index contributed by atoms with van der Waals surface area (Å²) in [4.78, 5) is 11.4. The highest BCUT2D eigenvalue weighted by Crippen LogP contribution is 2.55.